The SMILES string of the molecule is CCC(Oc1cccc(C(F)(F)F)c1)C(=O)O. The zero-order chi connectivity index (χ0) is 13.1. The van der Waals surface area contributed by atoms with E-state index in [4.69, 9.17) is 9.84 Å². The van der Waals surface area contributed by atoms with Crippen molar-refractivity contribution in [3.63, 3.8) is 0 Å². The Morgan fingerprint density at radius 3 is 2.59 bits per heavy atom. The molecule has 0 aliphatic heterocycles. The number of rotatable bonds is 4. The summed E-state index contributed by atoms with van der Waals surface area (Å²) in [5, 5.41) is 8.72. The third-order valence-electron chi connectivity index (χ3n) is 2.09. The number of carbonyl (C=O) groups is 1. The fourth-order valence-electron chi connectivity index (χ4n) is 1.22. The molecule has 1 aromatic carbocycles. The largest absolute Gasteiger partial charge is 0.479 e. The highest BCUT2D eigenvalue weighted by Gasteiger charge is 2.31. The lowest BCUT2D eigenvalue weighted by atomic mass is 10.2. The molecule has 0 saturated heterocycles. The smallest absolute Gasteiger partial charge is 0.416 e. The van der Waals surface area contributed by atoms with Gasteiger partial charge in [0.25, 0.3) is 0 Å². The van der Waals surface area contributed by atoms with E-state index in [-0.39, 0.29) is 12.2 Å². The van der Waals surface area contributed by atoms with Crippen molar-refractivity contribution in [3.8, 4) is 5.75 Å². The first-order chi connectivity index (χ1) is 7.84. The van der Waals surface area contributed by atoms with Crippen LogP contribution >= 0.6 is 0 Å². The molecular formula is C11H11F3O3. The van der Waals surface area contributed by atoms with Crippen molar-refractivity contribution in [1.82, 2.24) is 0 Å². The molecular weight excluding hydrogens is 237 g/mol. The number of carboxylic acids is 1. The van der Waals surface area contributed by atoms with Gasteiger partial charge in [0, 0.05) is 0 Å². The van der Waals surface area contributed by atoms with Crippen LogP contribution in [0.2, 0.25) is 0 Å². The van der Waals surface area contributed by atoms with Crippen molar-refractivity contribution in [2.45, 2.75) is 25.6 Å². The highest BCUT2D eigenvalue weighted by molar-refractivity contribution is 5.72. The Kier molecular flexibility index (Phi) is 3.98. The van der Waals surface area contributed by atoms with Crippen LogP contribution in [0.5, 0.6) is 5.75 Å². The van der Waals surface area contributed by atoms with Crippen LogP contribution in [0.3, 0.4) is 0 Å². The molecule has 0 amide bonds. The van der Waals surface area contributed by atoms with Gasteiger partial charge in [0.2, 0.25) is 0 Å². The number of alkyl halides is 3. The van der Waals surface area contributed by atoms with Crippen LogP contribution in [0.15, 0.2) is 24.3 Å². The molecule has 0 radical (unpaired) electrons. The summed E-state index contributed by atoms with van der Waals surface area (Å²) < 4.78 is 42.1. The molecule has 1 rings (SSSR count). The number of benzene rings is 1. The summed E-state index contributed by atoms with van der Waals surface area (Å²) in [5.41, 5.74) is -0.866. The highest BCUT2D eigenvalue weighted by Crippen LogP contribution is 2.31. The Labute approximate surface area is 95.8 Å². The molecule has 0 heterocycles. The minimum atomic E-state index is -4.47. The van der Waals surface area contributed by atoms with Gasteiger partial charge in [-0.3, -0.25) is 0 Å². The number of ether oxygens (including phenoxy) is 1. The lowest BCUT2D eigenvalue weighted by molar-refractivity contribution is -0.145. The molecule has 0 bridgehead atoms. The third-order valence-corrected chi connectivity index (χ3v) is 2.09. The summed E-state index contributed by atoms with van der Waals surface area (Å²) in [5.74, 6) is -1.31. The van der Waals surface area contributed by atoms with Gasteiger partial charge >= 0.3 is 12.1 Å². The van der Waals surface area contributed by atoms with Gasteiger partial charge in [-0.25, -0.2) is 4.79 Å². The Hall–Kier alpha value is -1.72. The Morgan fingerprint density at radius 1 is 1.47 bits per heavy atom. The molecule has 1 N–H and O–H groups in total. The van der Waals surface area contributed by atoms with Gasteiger partial charge in [0.1, 0.15) is 5.75 Å². The average molecular weight is 248 g/mol. The average Bonchev–Trinajstić information content (AvgIpc) is 2.24. The van der Waals surface area contributed by atoms with Gasteiger partial charge < -0.3 is 9.84 Å². The summed E-state index contributed by atoms with van der Waals surface area (Å²) in [6.45, 7) is 1.58. The molecule has 1 unspecified atom stereocenters. The van der Waals surface area contributed by atoms with E-state index in [9.17, 15) is 18.0 Å². The van der Waals surface area contributed by atoms with Crippen molar-refractivity contribution in [2.24, 2.45) is 0 Å². The molecule has 0 spiro atoms. The second-order valence-electron chi connectivity index (χ2n) is 3.38. The zero-order valence-corrected chi connectivity index (χ0v) is 8.99. The van der Waals surface area contributed by atoms with Crippen LogP contribution < -0.4 is 4.74 Å². The summed E-state index contributed by atoms with van der Waals surface area (Å²) in [6, 6.07) is 4.15. The lowest BCUT2D eigenvalue weighted by Gasteiger charge is -2.14. The number of hydrogen-bond donors (Lipinski definition) is 1. The van der Waals surface area contributed by atoms with Gasteiger partial charge in [-0.2, -0.15) is 13.2 Å². The van der Waals surface area contributed by atoms with Crippen molar-refractivity contribution in [3.05, 3.63) is 29.8 Å². The first-order valence-electron chi connectivity index (χ1n) is 4.91. The van der Waals surface area contributed by atoms with Crippen LogP contribution in [0.1, 0.15) is 18.9 Å². The molecule has 0 aliphatic carbocycles. The Balaban J connectivity index is 2.89. The summed E-state index contributed by atoms with van der Waals surface area (Å²) >= 11 is 0. The number of carboxylic acid groups (broad SMARTS) is 1. The summed E-state index contributed by atoms with van der Waals surface area (Å²) in [6.07, 6.45) is -5.44. The van der Waals surface area contributed by atoms with Crippen LogP contribution in [0, 0.1) is 0 Å². The summed E-state index contributed by atoms with van der Waals surface area (Å²) in [7, 11) is 0. The van der Waals surface area contributed by atoms with E-state index >= 15 is 0 Å². The maximum atomic E-state index is 12.4. The van der Waals surface area contributed by atoms with E-state index in [0.29, 0.717) is 0 Å². The third kappa shape index (κ3) is 3.65. The number of hydrogen-bond acceptors (Lipinski definition) is 2. The van der Waals surface area contributed by atoms with Crippen molar-refractivity contribution >= 4 is 5.97 Å². The molecule has 1 atom stereocenters. The zero-order valence-electron chi connectivity index (χ0n) is 8.99. The fourth-order valence-corrected chi connectivity index (χ4v) is 1.22. The number of halogens is 3. The van der Waals surface area contributed by atoms with E-state index in [1.165, 1.54) is 12.1 Å². The van der Waals surface area contributed by atoms with Gasteiger partial charge in [0.05, 0.1) is 5.56 Å². The first-order valence-corrected chi connectivity index (χ1v) is 4.91. The molecule has 94 valence electrons. The van der Waals surface area contributed by atoms with Gasteiger partial charge in [-0.1, -0.05) is 13.0 Å². The Bertz CT molecular complexity index is 401. The fraction of sp³-hybridized carbons (Fsp3) is 0.364. The molecule has 0 aliphatic rings. The van der Waals surface area contributed by atoms with Crippen LogP contribution in [-0.2, 0) is 11.0 Å². The quantitative estimate of drug-likeness (QED) is 0.891. The predicted octanol–water partition coefficient (Wildman–Crippen LogP) is 2.95. The monoisotopic (exact) mass is 248 g/mol. The predicted molar refractivity (Wildman–Crippen MR) is 53.8 cm³/mol. The van der Waals surface area contributed by atoms with Crippen molar-refractivity contribution in [1.29, 1.82) is 0 Å². The molecule has 6 heteroatoms. The standard InChI is InChI=1S/C11H11F3O3/c1-2-9(10(15)16)17-8-5-3-4-7(6-8)11(12,13)14/h3-6,9H,2H2,1H3,(H,15,16). The number of aliphatic carboxylic acids is 1. The second-order valence-corrected chi connectivity index (χ2v) is 3.38. The maximum absolute atomic E-state index is 12.4. The van der Waals surface area contributed by atoms with E-state index in [1.54, 1.807) is 6.92 Å². The van der Waals surface area contributed by atoms with E-state index in [2.05, 4.69) is 0 Å². The minimum absolute atomic E-state index is 0.103. The summed E-state index contributed by atoms with van der Waals surface area (Å²) in [4.78, 5) is 10.7. The molecule has 0 saturated carbocycles. The molecule has 3 nitrogen and oxygen atoms in total. The normalized spacial score (nSPS) is 13.2. The molecule has 1 aromatic rings. The van der Waals surface area contributed by atoms with Gasteiger partial charge in [-0.05, 0) is 24.6 Å². The second kappa shape index (κ2) is 5.07. The van der Waals surface area contributed by atoms with Crippen LogP contribution in [0.4, 0.5) is 13.2 Å². The minimum Gasteiger partial charge on any atom is -0.479 e. The Morgan fingerprint density at radius 2 is 2.12 bits per heavy atom. The topological polar surface area (TPSA) is 46.5 Å². The first kappa shape index (κ1) is 13.3. The van der Waals surface area contributed by atoms with E-state index in [0.717, 1.165) is 12.1 Å². The van der Waals surface area contributed by atoms with Gasteiger partial charge in [-0.15, -0.1) is 0 Å². The van der Waals surface area contributed by atoms with Crippen LogP contribution in [-0.4, -0.2) is 17.2 Å². The van der Waals surface area contributed by atoms with E-state index in [1.807, 2.05) is 0 Å². The lowest BCUT2D eigenvalue weighted by Crippen LogP contribution is -2.26. The van der Waals surface area contributed by atoms with Crippen molar-refractivity contribution in [2.75, 3.05) is 0 Å². The van der Waals surface area contributed by atoms with E-state index < -0.39 is 23.8 Å². The molecule has 0 aromatic heterocycles. The molecule has 0 fully saturated rings. The highest BCUT2D eigenvalue weighted by atomic mass is 19.4. The molecule has 17 heavy (non-hydrogen) atoms. The van der Waals surface area contributed by atoms with Crippen LogP contribution in [0.25, 0.3) is 0 Å². The van der Waals surface area contributed by atoms with Gasteiger partial charge in [0.15, 0.2) is 6.10 Å². The maximum Gasteiger partial charge on any atom is 0.416 e. The van der Waals surface area contributed by atoms with Crippen molar-refractivity contribution < 1.29 is 27.8 Å².